The van der Waals surface area contributed by atoms with Crippen LogP contribution < -0.4 is 0 Å². The second-order valence-corrected chi connectivity index (χ2v) is 19.8. The number of hydrogen-bond acceptors (Lipinski definition) is 4. The van der Waals surface area contributed by atoms with Crippen molar-refractivity contribution in [1.82, 2.24) is 0 Å². The van der Waals surface area contributed by atoms with Gasteiger partial charge in [-0.05, 0) is 49.1 Å². The molecular weight excluding hydrogens is 360 g/mol. The summed E-state index contributed by atoms with van der Waals surface area (Å²) >= 11 is 0. The largest absolute Gasteiger partial charge is 0.411 e. The van der Waals surface area contributed by atoms with Gasteiger partial charge in [0.05, 0.1) is 12.2 Å². The minimum atomic E-state index is -2.01. The molecule has 0 radical (unpaired) electrons. The number of aldehydes is 2. The van der Waals surface area contributed by atoms with E-state index in [0.717, 1.165) is 12.6 Å². The van der Waals surface area contributed by atoms with Crippen LogP contribution in [0.2, 0.25) is 36.3 Å². The lowest BCUT2D eigenvalue weighted by molar-refractivity contribution is -0.110. The molecule has 0 aromatic carbocycles. The molecule has 0 unspecified atom stereocenters. The third-order valence-electron chi connectivity index (χ3n) is 6.06. The van der Waals surface area contributed by atoms with E-state index in [-0.39, 0.29) is 22.3 Å². The van der Waals surface area contributed by atoms with Gasteiger partial charge in [-0.15, -0.1) is 0 Å². The van der Waals surface area contributed by atoms with Gasteiger partial charge < -0.3 is 18.4 Å². The van der Waals surface area contributed by atoms with Gasteiger partial charge in [0.1, 0.15) is 12.6 Å². The Kier molecular flexibility index (Phi) is 9.64. The zero-order chi connectivity index (χ0) is 20.8. The molecule has 154 valence electrons. The first kappa shape index (κ1) is 25.7. The van der Waals surface area contributed by atoms with Crippen molar-refractivity contribution in [1.29, 1.82) is 0 Å². The number of carbonyl (C=O) groups excluding carboxylic acids is 2. The molecule has 0 N–H and O–H groups in total. The molecule has 0 spiro atoms. The summed E-state index contributed by atoms with van der Waals surface area (Å²) in [6, 6.07) is 0. The Morgan fingerprint density at radius 1 is 0.692 bits per heavy atom. The van der Waals surface area contributed by atoms with E-state index >= 15 is 0 Å². The zero-order valence-corrected chi connectivity index (χ0v) is 20.8. The normalized spacial score (nSPS) is 16.2. The first-order chi connectivity index (χ1) is 11.6. The van der Waals surface area contributed by atoms with Crippen molar-refractivity contribution in [3.05, 3.63) is 0 Å². The molecule has 0 rings (SSSR count). The van der Waals surface area contributed by atoms with Gasteiger partial charge in [-0.2, -0.15) is 0 Å². The first-order valence-corrected chi connectivity index (χ1v) is 15.6. The molecule has 4 nitrogen and oxygen atoms in total. The monoisotopic (exact) mass is 402 g/mol. The lowest BCUT2D eigenvalue weighted by Crippen LogP contribution is -2.52. The quantitative estimate of drug-likeness (QED) is 0.327. The Balaban J connectivity index is 5.66. The van der Waals surface area contributed by atoms with Crippen LogP contribution in [0.5, 0.6) is 0 Å². The Bertz CT molecular complexity index is 406. The Morgan fingerprint density at radius 3 is 1.15 bits per heavy atom. The van der Waals surface area contributed by atoms with Crippen LogP contribution in [0, 0.1) is 0 Å². The van der Waals surface area contributed by atoms with Crippen molar-refractivity contribution in [3.63, 3.8) is 0 Å². The predicted molar refractivity (Wildman–Crippen MR) is 115 cm³/mol. The van der Waals surface area contributed by atoms with Crippen LogP contribution in [0.25, 0.3) is 0 Å². The number of hydrogen-bond donors (Lipinski definition) is 0. The van der Waals surface area contributed by atoms with Crippen molar-refractivity contribution >= 4 is 29.2 Å². The van der Waals surface area contributed by atoms with Gasteiger partial charge in [-0.1, -0.05) is 41.5 Å². The van der Waals surface area contributed by atoms with Crippen LogP contribution in [-0.4, -0.2) is 41.4 Å². The maximum absolute atomic E-state index is 11.0. The van der Waals surface area contributed by atoms with E-state index in [2.05, 4.69) is 67.7 Å². The molecule has 26 heavy (non-hydrogen) atoms. The van der Waals surface area contributed by atoms with E-state index < -0.39 is 16.6 Å². The van der Waals surface area contributed by atoms with Crippen molar-refractivity contribution in [2.75, 3.05) is 0 Å². The van der Waals surface area contributed by atoms with E-state index in [9.17, 15) is 9.59 Å². The van der Waals surface area contributed by atoms with Crippen LogP contribution in [-0.2, 0) is 18.4 Å². The molecule has 0 saturated heterocycles. The van der Waals surface area contributed by atoms with Crippen molar-refractivity contribution < 1.29 is 18.4 Å². The first-order valence-electron chi connectivity index (χ1n) is 9.82. The summed E-state index contributed by atoms with van der Waals surface area (Å²) in [5.41, 5.74) is 0. The highest BCUT2D eigenvalue weighted by atomic mass is 28.4. The fourth-order valence-corrected chi connectivity index (χ4v) is 4.98. The Labute approximate surface area is 163 Å². The second kappa shape index (κ2) is 9.76. The molecule has 0 saturated carbocycles. The third-order valence-corrected chi connectivity index (χ3v) is 15.1. The molecule has 0 aromatic heterocycles. The van der Waals surface area contributed by atoms with E-state index in [0.29, 0.717) is 25.7 Å². The van der Waals surface area contributed by atoms with Crippen LogP contribution in [0.1, 0.15) is 67.2 Å². The molecule has 0 aliphatic heterocycles. The summed E-state index contributed by atoms with van der Waals surface area (Å²) in [7, 11) is -4.02. The van der Waals surface area contributed by atoms with Crippen LogP contribution in [0.3, 0.4) is 0 Å². The lowest BCUT2D eigenvalue weighted by atomic mass is 10.0. The molecule has 2 atom stereocenters. The molecule has 0 aromatic rings. The van der Waals surface area contributed by atoms with Gasteiger partial charge in [0.25, 0.3) is 0 Å². The average molecular weight is 403 g/mol. The van der Waals surface area contributed by atoms with Gasteiger partial charge in [0.15, 0.2) is 16.6 Å². The topological polar surface area (TPSA) is 52.6 Å². The fraction of sp³-hybridized carbons (Fsp3) is 0.900. The second-order valence-electron chi connectivity index (χ2n) is 10.3. The van der Waals surface area contributed by atoms with Crippen molar-refractivity contribution in [2.45, 2.75) is 116 Å². The van der Waals surface area contributed by atoms with Gasteiger partial charge in [0.2, 0.25) is 0 Å². The Morgan fingerprint density at radius 2 is 0.962 bits per heavy atom. The van der Waals surface area contributed by atoms with Gasteiger partial charge in [0, 0.05) is 12.8 Å². The summed E-state index contributed by atoms with van der Waals surface area (Å²) in [5.74, 6) is 0. The number of carbonyl (C=O) groups is 2. The standard InChI is InChI=1S/C20H42O4Si2/c1-19(2,3)25(7,8)23-17(13-11-15-21)18(14-12-16-22)24-26(9,10)20(4,5)6/h15-18H,11-14H2,1-10H3/t17-,18+. The average Bonchev–Trinajstić information content (AvgIpc) is 2.45. The minimum Gasteiger partial charge on any atom is -0.411 e. The maximum Gasteiger partial charge on any atom is 0.192 e. The maximum atomic E-state index is 11.0. The highest BCUT2D eigenvalue weighted by Gasteiger charge is 2.44. The highest BCUT2D eigenvalue weighted by Crippen LogP contribution is 2.41. The summed E-state index contributed by atoms with van der Waals surface area (Å²) in [4.78, 5) is 22.0. The van der Waals surface area contributed by atoms with Gasteiger partial charge >= 0.3 is 0 Å². The SMILES string of the molecule is CC(C)(C)[Si](C)(C)O[C@@H](CCC=O)[C@@H](CCC=O)O[Si](C)(C)C(C)(C)C. The molecule has 0 aliphatic rings. The zero-order valence-electron chi connectivity index (χ0n) is 18.8. The van der Waals surface area contributed by atoms with Crippen molar-refractivity contribution in [3.8, 4) is 0 Å². The lowest BCUT2D eigenvalue weighted by Gasteiger charge is -2.45. The van der Waals surface area contributed by atoms with Crippen LogP contribution in [0.15, 0.2) is 0 Å². The summed E-state index contributed by atoms with van der Waals surface area (Å²) in [6.45, 7) is 22.2. The van der Waals surface area contributed by atoms with E-state index in [1.54, 1.807) is 0 Å². The third kappa shape index (κ3) is 7.74. The molecule has 0 aliphatic carbocycles. The van der Waals surface area contributed by atoms with Gasteiger partial charge in [-0.25, -0.2) is 0 Å². The van der Waals surface area contributed by atoms with E-state index in [1.165, 1.54) is 0 Å². The Hall–Kier alpha value is -0.306. The van der Waals surface area contributed by atoms with Crippen molar-refractivity contribution in [2.24, 2.45) is 0 Å². The molecule has 0 heterocycles. The van der Waals surface area contributed by atoms with Crippen LogP contribution >= 0.6 is 0 Å². The predicted octanol–water partition coefficient (Wildman–Crippen LogP) is 5.73. The fourth-order valence-electron chi connectivity index (χ4n) is 2.22. The summed E-state index contributed by atoms with van der Waals surface area (Å²) in [5, 5.41) is 0.164. The molecule has 6 heteroatoms. The number of rotatable bonds is 11. The molecular formula is C20H42O4Si2. The van der Waals surface area contributed by atoms with E-state index in [1.807, 2.05) is 0 Å². The molecule has 0 bridgehead atoms. The summed E-state index contributed by atoms with van der Waals surface area (Å²) in [6.07, 6.45) is 3.82. The van der Waals surface area contributed by atoms with Crippen LogP contribution in [0.4, 0.5) is 0 Å². The smallest absolute Gasteiger partial charge is 0.192 e. The molecule has 0 amide bonds. The molecule has 0 fully saturated rings. The minimum absolute atomic E-state index is 0.0820. The summed E-state index contributed by atoms with van der Waals surface area (Å²) < 4.78 is 13.4. The van der Waals surface area contributed by atoms with E-state index in [4.69, 9.17) is 8.85 Å². The van der Waals surface area contributed by atoms with Gasteiger partial charge in [-0.3, -0.25) is 0 Å². The highest BCUT2D eigenvalue weighted by molar-refractivity contribution is 6.74.